The van der Waals surface area contributed by atoms with Crippen LogP contribution in [0.3, 0.4) is 0 Å². The first-order valence-corrected chi connectivity index (χ1v) is 9.99. The van der Waals surface area contributed by atoms with Gasteiger partial charge < -0.3 is 15.4 Å². The van der Waals surface area contributed by atoms with E-state index in [1.807, 2.05) is 0 Å². The summed E-state index contributed by atoms with van der Waals surface area (Å²) in [5.41, 5.74) is 0.166. The number of nitrogens with one attached hydrogen (secondary N) is 2. The molecule has 11 heteroatoms. The highest BCUT2D eigenvalue weighted by Gasteiger charge is 2.18. The molecular weight excluding hydrogens is 417 g/mol. The molecule has 0 saturated heterocycles. The van der Waals surface area contributed by atoms with Gasteiger partial charge in [0, 0.05) is 23.0 Å². The predicted octanol–water partition coefficient (Wildman–Crippen LogP) is 1.70. The van der Waals surface area contributed by atoms with Gasteiger partial charge in [-0.3, -0.25) is 9.52 Å². The van der Waals surface area contributed by atoms with E-state index in [9.17, 15) is 32.0 Å². The van der Waals surface area contributed by atoms with Gasteiger partial charge in [-0.05, 0) is 47.9 Å². The van der Waals surface area contributed by atoms with E-state index in [0.717, 1.165) is 18.2 Å². The first-order valence-electron chi connectivity index (χ1n) is 8.51. The predicted molar refractivity (Wildman–Crippen MR) is 108 cm³/mol. The topological polar surface area (TPSA) is 116 Å². The van der Waals surface area contributed by atoms with Gasteiger partial charge in [0.15, 0.2) is 11.6 Å². The maximum Gasteiger partial charge on any atom is 0.488 e. The number of hydrogen-bond acceptors (Lipinski definition) is 5. The van der Waals surface area contributed by atoms with Gasteiger partial charge in [0.1, 0.15) is 0 Å². The fourth-order valence-electron chi connectivity index (χ4n) is 2.56. The van der Waals surface area contributed by atoms with Crippen molar-refractivity contribution >= 4 is 39.9 Å². The Labute approximate surface area is 171 Å². The van der Waals surface area contributed by atoms with Gasteiger partial charge in [0.2, 0.25) is 0 Å². The van der Waals surface area contributed by atoms with Gasteiger partial charge in [0.05, 0.1) is 4.90 Å². The zero-order chi connectivity index (χ0) is 21.9. The number of anilines is 2. The quantitative estimate of drug-likeness (QED) is 0.443. The Morgan fingerprint density at radius 2 is 1.60 bits per heavy atom. The molecule has 0 aliphatic carbocycles. The summed E-state index contributed by atoms with van der Waals surface area (Å²) in [6, 6.07) is 13.4. The molecule has 0 aliphatic rings. The second kappa shape index (κ2) is 8.62. The molecule has 0 saturated carbocycles. The van der Waals surface area contributed by atoms with Crippen molar-refractivity contribution in [1.29, 1.82) is 0 Å². The number of carbonyl (C=O) groups excluding carboxylic acids is 1. The normalized spacial score (nSPS) is 11.1. The molecule has 0 aliphatic heterocycles. The van der Waals surface area contributed by atoms with Crippen LogP contribution in [0.2, 0.25) is 0 Å². The molecule has 30 heavy (non-hydrogen) atoms. The Morgan fingerprint density at radius 1 is 0.867 bits per heavy atom. The lowest BCUT2D eigenvalue weighted by Crippen LogP contribution is -2.30. The molecule has 0 unspecified atom stereocenters. The lowest BCUT2D eigenvalue weighted by Gasteiger charge is -2.11. The van der Waals surface area contributed by atoms with Gasteiger partial charge >= 0.3 is 7.12 Å². The smallest absolute Gasteiger partial charge is 0.423 e. The molecule has 3 rings (SSSR count). The number of benzene rings is 3. The maximum absolute atomic E-state index is 13.3. The maximum atomic E-state index is 13.3. The Kier molecular flexibility index (Phi) is 6.16. The van der Waals surface area contributed by atoms with Gasteiger partial charge in [-0.25, -0.2) is 17.2 Å². The summed E-state index contributed by atoms with van der Waals surface area (Å²) < 4.78 is 53.9. The van der Waals surface area contributed by atoms with Crippen LogP contribution in [0.5, 0.6) is 0 Å². The molecule has 3 aromatic rings. The Balaban J connectivity index is 1.82. The SMILES string of the molecule is O=C(Nc1ccc(F)c(F)c1)c1cccc(S(=O)(=O)Nc2cccc(B(O)O)c2)c1. The summed E-state index contributed by atoms with van der Waals surface area (Å²) >= 11 is 0. The Bertz CT molecular complexity index is 1210. The minimum absolute atomic E-state index is 0.00432. The molecule has 0 radical (unpaired) electrons. The summed E-state index contributed by atoms with van der Waals surface area (Å²) in [4.78, 5) is 12.1. The third kappa shape index (κ3) is 5.01. The van der Waals surface area contributed by atoms with E-state index in [0.29, 0.717) is 0 Å². The van der Waals surface area contributed by atoms with Gasteiger partial charge in [0.25, 0.3) is 15.9 Å². The summed E-state index contributed by atoms with van der Waals surface area (Å²) in [5, 5.41) is 20.8. The number of hydrogen-bond donors (Lipinski definition) is 4. The van der Waals surface area contributed by atoms with E-state index in [4.69, 9.17) is 0 Å². The highest BCUT2D eigenvalue weighted by molar-refractivity contribution is 7.92. The zero-order valence-electron chi connectivity index (χ0n) is 15.2. The van der Waals surface area contributed by atoms with Crippen molar-refractivity contribution in [3.63, 3.8) is 0 Å². The minimum Gasteiger partial charge on any atom is -0.423 e. The number of carbonyl (C=O) groups is 1. The fourth-order valence-corrected chi connectivity index (χ4v) is 3.65. The van der Waals surface area contributed by atoms with Crippen LogP contribution < -0.4 is 15.5 Å². The lowest BCUT2D eigenvalue weighted by atomic mass is 9.80. The average molecular weight is 432 g/mol. The van der Waals surface area contributed by atoms with Crippen LogP contribution in [-0.4, -0.2) is 31.5 Å². The van der Waals surface area contributed by atoms with Gasteiger partial charge in [-0.1, -0.05) is 18.2 Å². The highest BCUT2D eigenvalue weighted by Crippen LogP contribution is 2.18. The standard InChI is InChI=1S/C19H15BF2N2O5S/c21-17-8-7-14(11-18(17)22)23-19(25)12-3-1-6-16(9-12)30(28,29)24-15-5-2-4-13(10-15)20(26)27/h1-11,24,26-27H,(H,23,25). The molecule has 154 valence electrons. The van der Waals surface area contributed by atoms with E-state index in [1.165, 1.54) is 48.5 Å². The van der Waals surface area contributed by atoms with E-state index in [1.54, 1.807) is 0 Å². The molecule has 0 aromatic heterocycles. The third-order valence-corrected chi connectivity index (χ3v) is 5.40. The first-order chi connectivity index (χ1) is 14.2. The van der Waals surface area contributed by atoms with Crippen LogP contribution in [0.15, 0.2) is 71.6 Å². The lowest BCUT2D eigenvalue weighted by molar-refractivity contribution is 0.102. The van der Waals surface area contributed by atoms with Gasteiger partial charge in [-0.15, -0.1) is 0 Å². The Hall–Kier alpha value is -3.28. The van der Waals surface area contributed by atoms with Crippen molar-refractivity contribution in [2.24, 2.45) is 0 Å². The molecular formula is C19H15BF2N2O5S. The first kappa shape index (κ1) is 21.4. The van der Waals surface area contributed by atoms with Crippen molar-refractivity contribution in [1.82, 2.24) is 0 Å². The highest BCUT2D eigenvalue weighted by atomic mass is 32.2. The van der Waals surface area contributed by atoms with Crippen molar-refractivity contribution in [2.75, 3.05) is 10.0 Å². The van der Waals surface area contributed by atoms with Crippen LogP contribution in [0.25, 0.3) is 0 Å². The number of halogens is 2. The summed E-state index contributed by atoms with van der Waals surface area (Å²) in [6.07, 6.45) is 0. The summed E-state index contributed by atoms with van der Waals surface area (Å²) in [7, 11) is -5.87. The molecule has 0 bridgehead atoms. The van der Waals surface area contributed by atoms with E-state index < -0.39 is 34.7 Å². The molecule has 1 amide bonds. The van der Waals surface area contributed by atoms with Crippen LogP contribution in [0.1, 0.15) is 10.4 Å². The van der Waals surface area contributed by atoms with Gasteiger partial charge in [-0.2, -0.15) is 0 Å². The largest absolute Gasteiger partial charge is 0.488 e. The molecule has 0 spiro atoms. The van der Waals surface area contributed by atoms with Crippen molar-refractivity contribution in [2.45, 2.75) is 4.90 Å². The van der Waals surface area contributed by atoms with Crippen LogP contribution >= 0.6 is 0 Å². The molecule has 0 fully saturated rings. The third-order valence-electron chi connectivity index (χ3n) is 4.02. The summed E-state index contributed by atoms with van der Waals surface area (Å²) in [5.74, 6) is -2.92. The molecule has 3 aromatic carbocycles. The molecule has 0 heterocycles. The van der Waals surface area contributed by atoms with Crippen LogP contribution in [-0.2, 0) is 10.0 Å². The monoisotopic (exact) mass is 432 g/mol. The van der Waals surface area contributed by atoms with Crippen LogP contribution in [0, 0.1) is 11.6 Å². The zero-order valence-corrected chi connectivity index (χ0v) is 16.0. The number of sulfonamides is 1. The second-order valence-corrected chi connectivity index (χ2v) is 7.90. The average Bonchev–Trinajstić information content (AvgIpc) is 2.70. The van der Waals surface area contributed by atoms with Crippen molar-refractivity contribution < 1.29 is 32.0 Å². The summed E-state index contributed by atoms with van der Waals surface area (Å²) in [6.45, 7) is 0. The van der Waals surface area contributed by atoms with Crippen molar-refractivity contribution in [3.05, 3.63) is 83.9 Å². The molecule has 4 N–H and O–H groups in total. The van der Waals surface area contributed by atoms with Crippen molar-refractivity contribution in [3.8, 4) is 0 Å². The van der Waals surface area contributed by atoms with E-state index >= 15 is 0 Å². The minimum atomic E-state index is -4.10. The number of rotatable bonds is 6. The van der Waals surface area contributed by atoms with E-state index in [-0.39, 0.29) is 27.3 Å². The number of amides is 1. The fraction of sp³-hybridized carbons (Fsp3) is 0. The van der Waals surface area contributed by atoms with Crippen LogP contribution in [0.4, 0.5) is 20.2 Å². The molecule has 0 atom stereocenters. The van der Waals surface area contributed by atoms with E-state index in [2.05, 4.69) is 10.0 Å². The Morgan fingerprint density at radius 3 is 2.30 bits per heavy atom. The second-order valence-electron chi connectivity index (χ2n) is 6.22. The molecule has 7 nitrogen and oxygen atoms in total.